The highest BCUT2D eigenvalue weighted by atomic mass is 32.1. The van der Waals surface area contributed by atoms with Crippen LogP contribution in [-0.2, 0) is 0 Å². The van der Waals surface area contributed by atoms with Crippen LogP contribution in [0.2, 0.25) is 0 Å². The fraction of sp³-hybridized carbons (Fsp3) is 0.214. The summed E-state index contributed by atoms with van der Waals surface area (Å²) in [5, 5.41) is 4.92. The molecule has 0 aliphatic rings. The summed E-state index contributed by atoms with van der Waals surface area (Å²) in [6, 6.07) is 11.9. The van der Waals surface area contributed by atoms with Gasteiger partial charge in [0.15, 0.2) is 0 Å². The summed E-state index contributed by atoms with van der Waals surface area (Å²) >= 11 is 1.46. The van der Waals surface area contributed by atoms with E-state index in [-0.39, 0.29) is 11.9 Å². The van der Waals surface area contributed by atoms with Crippen molar-refractivity contribution in [3.63, 3.8) is 0 Å². The Morgan fingerprint density at radius 3 is 2.65 bits per heavy atom. The van der Waals surface area contributed by atoms with Gasteiger partial charge in [0.05, 0.1) is 10.9 Å². The molecule has 1 aromatic carbocycles. The maximum Gasteiger partial charge on any atom is 0.261 e. The Kier molecular flexibility index (Phi) is 3.59. The van der Waals surface area contributed by atoms with Crippen LogP contribution in [0.4, 0.5) is 0 Å². The fourth-order valence-electron chi connectivity index (χ4n) is 1.83. The van der Waals surface area contributed by atoms with Gasteiger partial charge in [-0.05, 0) is 36.4 Å². The highest BCUT2D eigenvalue weighted by molar-refractivity contribution is 7.12. The van der Waals surface area contributed by atoms with Crippen LogP contribution in [-0.4, -0.2) is 5.91 Å². The SMILES string of the molecule is Cc1ccccc1[C@@H](C)NC(=O)c1cccs1. The van der Waals surface area contributed by atoms with Gasteiger partial charge < -0.3 is 5.32 Å². The van der Waals surface area contributed by atoms with Crippen molar-refractivity contribution in [2.75, 3.05) is 0 Å². The summed E-state index contributed by atoms with van der Waals surface area (Å²) in [4.78, 5) is 12.7. The first kappa shape index (κ1) is 11.9. The van der Waals surface area contributed by atoms with Gasteiger partial charge >= 0.3 is 0 Å². The molecule has 0 aliphatic carbocycles. The summed E-state index contributed by atoms with van der Waals surface area (Å²) in [6.07, 6.45) is 0. The first-order valence-corrected chi connectivity index (χ1v) is 6.46. The van der Waals surface area contributed by atoms with Crippen LogP contribution >= 0.6 is 11.3 Å². The van der Waals surface area contributed by atoms with Gasteiger partial charge in [0.1, 0.15) is 0 Å². The zero-order valence-corrected chi connectivity index (χ0v) is 10.8. The van der Waals surface area contributed by atoms with Gasteiger partial charge in [-0.1, -0.05) is 30.3 Å². The van der Waals surface area contributed by atoms with Crippen LogP contribution in [0.15, 0.2) is 41.8 Å². The Morgan fingerprint density at radius 2 is 2.00 bits per heavy atom. The topological polar surface area (TPSA) is 29.1 Å². The molecule has 1 amide bonds. The Labute approximate surface area is 105 Å². The molecule has 88 valence electrons. The number of aryl methyl sites for hydroxylation is 1. The van der Waals surface area contributed by atoms with Gasteiger partial charge in [-0.2, -0.15) is 0 Å². The molecule has 1 aromatic heterocycles. The van der Waals surface area contributed by atoms with E-state index in [0.717, 1.165) is 10.4 Å². The number of rotatable bonds is 3. The van der Waals surface area contributed by atoms with Gasteiger partial charge in [-0.25, -0.2) is 0 Å². The van der Waals surface area contributed by atoms with E-state index in [1.54, 1.807) is 0 Å². The fourth-order valence-corrected chi connectivity index (χ4v) is 2.45. The first-order valence-electron chi connectivity index (χ1n) is 5.58. The molecular formula is C14H15NOS. The molecule has 0 fully saturated rings. The summed E-state index contributed by atoms with van der Waals surface area (Å²) in [5.74, 6) is -0.00393. The largest absolute Gasteiger partial charge is 0.345 e. The van der Waals surface area contributed by atoms with Gasteiger partial charge in [0.25, 0.3) is 5.91 Å². The Balaban J connectivity index is 2.10. The highest BCUT2D eigenvalue weighted by Gasteiger charge is 2.13. The number of thiophene rings is 1. The van der Waals surface area contributed by atoms with E-state index in [9.17, 15) is 4.79 Å². The van der Waals surface area contributed by atoms with Crippen LogP contribution in [0.3, 0.4) is 0 Å². The smallest absolute Gasteiger partial charge is 0.261 e. The van der Waals surface area contributed by atoms with Crippen LogP contribution in [0.25, 0.3) is 0 Å². The van der Waals surface area contributed by atoms with E-state index in [1.165, 1.54) is 16.9 Å². The van der Waals surface area contributed by atoms with E-state index >= 15 is 0 Å². The van der Waals surface area contributed by atoms with Crippen molar-refractivity contribution < 1.29 is 4.79 Å². The third kappa shape index (κ3) is 2.74. The summed E-state index contributed by atoms with van der Waals surface area (Å²) < 4.78 is 0. The Bertz CT molecular complexity index is 505. The van der Waals surface area contributed by atoms with Crippen molar-refractivity contribution in [2.45, 2.75) is 19.9 Å². The second-order valence-corrected chi connectivity index (χ2v) is 4.98. The van der Waals surface area contributed by atoms with Crippen molar-refractivity contribution in [3.05, 3.63) is 57.8 Å². The summed E-state index contributed by atoms with van der Waals surface area (Å²) in [6.45, 7) is 4.07. The monoisotopic (exact) mass is 245 g/mol. The van der Waals surface area contributed by atoms with Crippen LogP contribution in [0, 0.1) is 6.92 Å². The molecule has 0 bridgehead atoms. The van der Waals surface area contributed by atoms with Crippen molar-refractivity contribution in [1.29, 1.82) is 0 Å². The van der Waals surface area contributed by atoms with E-state index in [0.29, 0.717) is 0 Å². The second kappa shape index (κ2) is 5.15. The standard InChI is InChI=1S/C14H15NOS/c1-10-6-3-4-7-12(10)11(2)15-14(16)13-8-5-9-17-13/h3-9,11H,1-2H3,(H,15,16)/t11-/m1/s1. The lowest BCUT2D eigenvalue weighted by Crippen LogP contribution is -2.26. The Morgan fingerprint density at radius 1 is 1.24 bits per heavy atom. The maximum atomic E-state index is 11.9. The second-order valence-electron chi connectivity index (χ2n) is 4.03. The molecule has 2 rings (SSSR count). The zero-order chi connectivity index (χ0) is 12.3. The molecule has 0 aliphatic heterocycles. The molecule has 3 heteroatoms. The lowest BCUT2D eigenvalue weighted by atomic mass is 10.0. The lowest BCUT2D eigenvalue weighted by molar-refractivity contribution is 0.0944. The molecule has 0 saturated carbocycles. The first-order chi connectivity index (χ1) is 8.18. The molecule has 0 unspecified atom stereocenters. The Hall–Kier alpha value is -1.61. The third-order valence-electron chi connectivity index (χ3n) is 2.75. The minimum absolute atomic E-state index is 0.00393. The molecular weight excluding hydrogens is 230 g/mol. The van der Waals surface area contributed by atoms with E-state index in [2.05, 4.69) is 24.4 Å². The summed E-state index contributed by atoms with van der Waals surface area (Å²) in [7, 11) is 0. The number of carbonyl (C=O) groups excluding carboxylic acids is 1. The molecule has 1 heterocycles. The number of nitrogens with one attached hydrogen (secondary N) is 1. The van der Waals surface area contributed by atoms with Crippen molar-refractivity contribution in [1.82, 2.24) is 5.32 Å². The van der Waals surface area contributed by atoms with Crippen molar-refractivity contribution in [2.24, 2.45) is 0 Å². The maximum absolute atomic E-state index is 11.9. The molecule has 0 saturated heterocycles. The minimum atomic E-state index is -0.00393. The predicted octanol–water partition coefficient (Wildman–Crippen LogP) is 3.55. The molecule has 0 spiro atoms. The third-order valence-corrected chi connectivity index (χ3v) is 3.62. The van der Waals surface area contributed by atoms with Gasteiger partial charge in [-0.15, -0.1) is 11.3 Å². The van der Waals surface area contributed by atoms with Crippen molar-refractivity contribution >= 4 is 17.2 Å². The predicted molar refractivity (Wildman–Crippen MR) is 71.4 cm³/mol. The number of amides is 1. The summed E-state index contributed by atoms with van der Waals surface area (Å²) in [5.41, 5.74) is 2.36. The molecule has 1 atom stereocenters. The van der Waals surface area contributed by atoms with E-state index < -0.39 is 0 Å². The van der Waals surface area contributed by atoms with Gasteiger partial charge in [-0.3, -0.25) is 4.79 Å². The van der Waals surface area contributed by atoms with E-state index in [4.69, 9.17) is 0 Å². The average molecular weight is 245 g/mol. The van der Waals surface area contributed by atoms with Crippen LogP contribution in [0.5, 0.6) is 0 Å². The normalized spacial score (nSPS) is 12.1. The minimum Gasteiger partial charge on any atom is -0.345 e. The number of benzene rings is 1. The van der Waals surface area contributed by atoms with Crippen LogP contribution in [0.1, 0.15) is 33.8 Å². The van der Waals surface area contributed by atoms with Crippen LogP contribution < -0.4 is 5.32 Å². The molecule has 2 nitrogen and oxygen atoms in total. The molecule has 2 aromatic rings. The highest BCUT2D eigenvalue weighted by Crippen LogP contribution is 2.18. The number of hydrogen-bond acceptors (Lipinski definition) is 2. The van der Waals surface area contributed by atoms with Gasteiger partial charge in [0, 0.05) is 0 Å². The van der Waals surface area contributed by atoms with E-state index in [1.807, 2.05) is 36.6 Å². The lowest BCUT2D eigenvalue weighted by Gasteiger charge is -2.15. The molecule has 17 heavy (non-hydrogen) atoms. The molecule has 0 radical (unpaired) electrons. The van der Waals surface area contributed by atoms with Gasteiger partial charge in [0.2, 0.25) is 0 Å². The van der Waals surface area contributed by atoms with Crippen molar-refractivity contribution in [3.8, 4) is 0 Å². The average Bonchev–Trinajstić information content (AvgIpc) is 2.82. The molecule has 1 N–H and O–H groups in total. The number of carbonyl (C=O) groups is 1. The number of hydrogen-bond donors (Lipinski definition) is 1. The zero-order valence-electron chi connectivity index (χ0n) is 9.94. The quantitative estimate of drug-likeness (QED) is 0.880.